The van der Waals surface area contributed by atoms with Gasteiger partial charge in [0.25, 0.3) is 0 Å². The van der Waals surface area contributed by atoms with Crippen LogP contribution in [0.2, 0.25) is 0 Å². The molecule has 2 nitrogen and oxygen atoms in total. The van der Waals surface area contributed by atoms with E-state index in [-0.39, 0.29) is 0 Å². The number of halogens is 1. The largest absolute Gasteiger partial charge is 0.488 e. The normalized spacial score (nSPS) is 11.0. The van der Waals surface area contributed by atoms with Gasteiger partial charge in [-0.25, -0.2) is 0 Å². The second-order valence-corrected chi connectivity index (χ2v) is 7.16. The van der Waals surface area contributed by atoms with Crippen molar-refractivity contribution in [1.82, 2.24) is 0 Å². The van der Waals surface area contributed by atoms with Gasteiger partial charge in [-0.2, -0.15) is 5.26 Å². The number of ether oxygens (including phenoxy) is 1. The monoisotopic (exact) mass is 451 g/mol. The number of rotatable bonds is 5. The minimum Gasteiger partial charge on any atom is -0.488 e. The zero-order valence-corrected chi connectivity index (χ0v) is 16.6. The molecule has 3 heteroatoms. The molecule has 0 spiro atoms. The fourth-order valence-corrected chi connectivity index (χ4v) is 3.23. The highest BCUT2D eigenvalue weighted by molar-refractivity contribution is 14.1. The third kappa shape index (κ3) is 4.74. The molecule has 0 fully saturated rings. The Morgan fingerprint density at radius 3 is 2.42 bits per heavy atom. The van der Waals surface area contributed by atoms with Crippen LogP contribution in [-0.2, 0) is 6.61 Å². The van der Waals surface area contributed by atoms with Crippen LogP contribution in [0.1, 0.15) is 22.3 Å². The fraction of sp³-hybridized carbons (Fsp3) is 0.0870. The Bertz CT molecular complexity index is 954. The maximum Gasteiger partial charge on any atom is 0.133 e. The van der Waals surface area contributed by atoms with Crippen molar-refractivity contribution in [3.05, 3.63) is 98.6 Å². The Hall–Kier alpha value is -2.58. The Labute approximate surface area is 167 Å². The van der Waals surface area contributed by atoms with Gasteiger partial charge in [0, 0.05) is 0 Å². The average Bonchev–Trinajstić information content (AvgIpc) is 2.67. The molecular weight excluding hydrogens is 433 g/mol. The minimum absolute atomic E-state index is 0.541. The number of benzene rings is 3. The van der Waals surface area contributed by atoms with Crippen LogP contribution in [0.3, 0.4) is 0 Å². The number of nitrogens with zero attached hydrogens (tertiary/aromatic N) is 1. The van der Waals surface area contributed by atoms with Crippen molar-refractivity contribution in [3.8, 4) is 11.8 Å². The predicted molar refractivity (Wildman–Crippen MR) is 115 cm³/mol. The SMILES string of the molecule is Cc1ccc(/C(C#N)=C\c2ccc(OCc3ccccc3)c(I)c2)cc1. The topological polar surface area (TPSA) is 33.0 Å². The van der Waals surface area contributed by atoms with Crippen molar-refractivity contribution < 1.29 is 4.74 Å². The molecule has 0 aliphatic heterocycles. The van der Waals surface area contributed by atoms with Crippen LogP contribution in [0.25, 0.3) is 11.6 Å². The lowest BCUT2D eigenvalue weighted by Gasteiger charge is -2.09. The van der Waals surface area contributed by atoms with E-state index in [0.717, 1.165) is 26.0 Å². The number of aryl methyl sites for hydroxylation is 1. The van der Waals surface area contributed by atoms with Gasteiger partial charge in [-0.15, -0.1) is 0 Å². The van der Waals surface area contributed by atoms with E-state index >= 15 is 0 Å². The van der Waals surface area contributed by atoms with E-state index in [1.165, 1.54) is 5.56 Å². The summed E-state index contributed by atoms with van der Waals surface area (Å²) in [5, 5.41) is 9.50. The van der Waals surface area contributed by atoms with Crippen LogP contribution in [0, 0.1) is 21.8 Å². The van der Waals surface area contributed by atoms with Crippen molar-refractivity contribution >= 4 is 34.2 Å². The van der Waals surface area contributed by atoms with E-state index in [0.29, 0.717) is 12.2 Å². The van der Waals surface area contributed by atoms with E-state index in [2.05, 4.69) is 28.7 Å². The second-order valence-electron chi connectivity index (χ2n) is 6.00. The van der Waals surface area contributed by atoms with Crippen molar-refractivity contribution in [2.75, 3.05) is 0 Å². The molecule has 0 radical (unpaired) electrons. The lowest BCUT2D eigenvalue weighted by Crippen LogP contribution is -1.97. The molecular formula is C23H18INO. The maximum atomic E-state index is 9.50. The molecule has 0 bridgehead atoms. The van der Waals surface area contributed by atoms with E-state index < -0.39 is 0 Å². The van der Waals surface area contributed by atoms with E-state index in [1.54, 1.807) is 0 Å². The predicted octanol–water partition coefficient (Wildman–Crippen LogP) is 6.24. The van der Waals surface area contributed by atoms with Crippen LogP contribution in [0.4, 0.5) is 0 Å². The summed E-state index contributed by atoms with van der Waals surface area (Å²) >= 11 is 2.27. The van der Waals surface area contributed by atoms with Crippen LogP contribution in [-0.4, -0.2) is 0 Å². The molecule has 0 N–H and O–H groups in total. The molecule has 0 aromatic heterocycles. The molecule has 0 saturated carbocycles. The molecule has 0 aliphatic carbocycles. The molecule has 3 aromatic rings. The van der Waals surface area contributed by atoms with E-state index in [9.17, 15) is 5.26 Å². The van der Waals surface area contributed by atoms with Crippen molar-refractivity contribution in [2.24, 2.45) is 0 Å². The molecule has 128 valence electrons. The van der Waals surface area contributed by atoms with Gasteiger partial charge < -0.3 is 4.74 Å². The summed E-state index contributed by atoms with van der Waals surface area (Å²) in [6.45, 7) is 2.58. The van der Waals surface area contributed by atoms with Crippen molar-refractivity contribution in [2.45, 2.75) is 13.5 Å². The Morgan fingerprint density at radius 2 is 1.77 bits per heavy atom. The van der Waals surface area contributed by atoms with Gasteiger partial charge in [-0.1, -0.05) is 66.2 Å². The van der Waals surface area contributed by atoms with Gasteiger partial charge in [0.05, 0.1) is 15.2 Å². The summed E-state index contributed by atoms with van der Waals surface area (Å²) in [4.78, 5) is 0. The van der Waals surface area contributed by atoms with Gasteiger partial charge in [-0.3, -0.25) is 0 Å². The van der Waals surface area contributed by atoms with Crippen LogP contribution >= 0.6 is 22.6 Å². The number of hydrogen-bond acceptors (Lipinski definition) is 2. The number of nitriles is 1. The highest BCUT2D eigenvalue weighted by Crippen LogP contribution is 2.26. The summed E-state index contributed by atoms with van der Waals surface area (Å²) in [6.07, 6.45) is 1.91. The lowest BCUT2D eigenvalue weighted by atomic mass is 10.0. The molecule has 0 amide bonds. The van der Waals surface area contributed by atoms with Crippen molar-refractivity contribution in [3.63, 3.8) is 0 Å². The van der Waals surface area contributed by atoms with Crippen LogP contribution < -0.4 is 4.74 Å². The molecule has 0 atom stereocenters. The quantitative estimate of drug-likeness (QED) is 0.261. The lowest BCUT2D eigenvalue weighted by molar-refractivity contribution is 0.304. The van der Waals surface area contributed by atoms with Gasteiger partial charge in [-0.05, 0) is 64.4 Å². The highest BCUT2D eigenvalue weighted by atomic mass is 127. The Kier molecular flexibility index (Phi) is 6.08. The number of allylic oxidation sites excluding steroid dienone is 1. The van der Waals surface area contributed by atoms with E-state index in [4.69, 9.17) is 4.74 Å². The standard InChI is InChI=1S/C23H18INO/c1-17-7-10-20(11-8-17)21(15-25)13-19-9-12-23(22(24)14-19)26-16-18-5-3-2-4-6-18/h2-14H,16H2,1H3/b21-13-. The summed E-state index contributed by atoms with van der Waals surface area (Å²) in [7, 11) is 0. The zero-order chi connectivity index (χ0) is 18.4. The van der Waals surface area contributed by atoms with Gasteiger partial charge in [0.2, 0.25) is 0 Å². The van der Waals surface area contributed by atoms with Gasteiger partial charge >= 0.3 is 0 Å². The van der Waals surface area contributed by atoms with Crippen LogP contribution in [0.15, 0.2) is 72.8 Å². The summed E-state index contributed by atoms with van der Waals surface area (Å²) < 4.78 is 6.94. The minimum atomic E-state index is 0.541. The molecule has 3 aromatic carbocycles. The summed E-state index contributed by atoms with van der Waals surface area (Å²) in [6, 6.07) is 26.4. The van der Waals surface area contributed by atoms with Crippen molar-refractivity contribution in [1.29, 1.82) is 5.26 Å². The first-order valence-electron chi connectivity index (χ1n) is 8.31. The third-order valence-corrected chi connectivity index (χ3v) is 4.83. The Balaban J connectivity index is 1.78. The first-order chi connectivity index (χ1) is 12.7. The smallest absolute Gasteiger partial charge is 0.133 e. The molecule has 3 rings (SSSR count). The Morgan fingerprint density at radius 1 is 1.04 bits per heavy atom. The molecule has 26 heavy (non-hydrogen) atoms. The summed E-state index contributed by atoms with van der Waals surface area (Å²) in [5.41, 5.74) is 4.88. The first-order valence-corrected chi connectivity index (χ1v) is 9.39. The van der Waals surface area contributed by atoms with E-state index in [1.807, 2.05) is 85.8 Å². The zero-order valence-electron chi connectivity index (χ0n) is 14.4. The summed E-state index contributed by atoms with van der Waals surface area (Å²) in [5.74, 6) is 0.848. The third-order valence-electron chi connectivity index (χ3n) is 3.99. The average molecular weight is 451 g/mol. The fourth-order valence-electron chi connectivity index (χ4n) is 2.54. The maximum absolute atomic E-state index is 9.50. The first kappa shape index (κ1) is 18.2. The van der Waals surface area contributed by atoms with Crippen LogP contribution in [0.5, 0.6) is 5.75 Å². The van der Waals surface area contributed by atoms with Gasteiger partial charge in [0.15, 0.2) is 0 Å². The number of hydrogen-bond donors (Lipinski definition) is 0. The molecule has 0 heterocycles. The van der Waals surface area contributed by atoms with Gasteiger partial charge in [0.1, 0.15) is 12.4 Å². The molecule has 0 saturated heterocycles. The second kappa shape index (κ2) is 8.68. The molecule has 0 aliphatic rings. The molecule has 0 unspecified atom stereocenters. The highest BCUT2D eigenvalue weighted by Gasteiger charge is 2.05.